The van der Waals surface area contributed by atoms with Gasteiger partial charge in [0.15, 0.2) is 5.60 Å². The molecule has 0 fully saturated rings. The van der Waals surface area contributed by atoms with Crippen molar-refractivity contribution in [3.63, 3.8) is 0 Å². The van der Waals surface area contributed by atoms with Crippen LogP contribution in [0.15, 0.2) is 0 Å². The number of carbonyl (C=O) groups excluding carboxylic acids is 1. The third kappa shape index (κ3) is 2.48. The van der Waals surface area contributed by atoms with Crippen LogP contribution in [-0.2, 0) is 9.53 Å². The van der Waals surface area contributed by atoms with Gasteiger partial charge in [-0.15, -0.1) is 0 Å². The van der Waals surface area contributed by atoms with Crippen LogP contribution in [0.25, 0.3) is 0 Å². The smallest absolute Gasteiger partial charge is 0.339 e. The Labute approximate surface area is 66.3 Å². The van der Waals surface area contributed by atoms with Crippen LogP contribution in [0.5, 0.6) is 0 Å². The van der Waals surface area contributed by atoms with E-state index in [1.807, 2.05) is 0 Å². The molecule has 0 radical (unpaired) electrons. The highest BCUT2D eigenvalue weighted by Crippen LogP contribution is 2.09. The quantitative estimate of drug-likeness (QED) is 0.555. The standard InChI is InChI=1S/C7H15NO3/c1-4-11-6(9)7(3,10)5(2)8/h5,10H,4,8H2,1-3H3. The van der Waals surface area contributed by atoms with Crippen molar-refractivity contribution in [3.05, 3.63) is 0 Å². The van der Waals surface area contributed by atoms with E-state index in [9.17, 15) is 9.90 Å². The van der Waals surface area contributed by atoms with E-state index in [1.165, 1.54) is 6.92 Å². The monoisotopic (exact) mass is 161 g/mol. The maximum atomic E-state index is 11.0. The number of esters is 1. The molecule has 0 aliphatic rings. The summed E-state index contributed by atoms with van der Waals surface area (Å²) in [6.07, 6.45) is 0. The van der Waals surface area contributed by atoms with Crippen molar-refractivity contribution in [1.29, 1.82) is 0 Å². The Hall–Kier alpha value is -0.610. The summed E-state index contributed by atoms with van der Waals surface area (Å²) in [5, 5.41) is 9.39. The lowest BCUT2D eigenvalue weighted by molar-refractivity contribution is -0.164. The maximum absolute atomic E-state index is 11.0. The van der Waals surface area contributed by atoms with Crippen LogP contribution in [0.1, 0.15) is 20.8 Å². The van der Waals surface area contributed by atoms with Crippen molar-refractivity contribution in [2.45, 2.75) is 32.4 Å². The molecule has 2 unspecified atom stereocenters. The Kier molecular flexibility index (Phi) is 3.48. The molecule has 0 aromatic heterocycles. The minimum Gasteiger partial charge on any atom is -0.464 e. The second-order valence-corrected chi connectivity index (χ2v) is 2.66. The van der Waals surface area contributed by atoms with E-state index >= 15 is 0 Å². The average molecular weight is 161 g/mol. The number of nitrogens with two attached hydrogens (primary N) is 1. The van der Waals surface area contributed by atoms with E-state index in [4.69, 9.17) is 5.73 Å². The van der Waals surface area contributed by atoms with Crippen molar-refractivity contribution in [1.82, 2.24) is 0 Å². The predicted molar refractivity (Wildman–Crippen MR) is 40.9 cm³/mol. The zero-order chi connectivity index (χ0) is 9.07. The van der Waals surface area contributed by atoms with Gasteiger partial charge in [0.05, 0.1) is 6.61 Å². The number of hydrogen-bond donors (Lipinski definition) is 2. The van der Waals surface area contributed by atoms with E-state index in [0.717, 1.165) is 0 Å². The molecule has 0 rings (SSSR count). The van der Waals surface area contributed by atoms with Gasteiger partial charge in [0, 0.05) is 6.04 Å². The van der Waals surface area contributed by atoms with Gasteiger partial charge in [0.25, 0.3) is 0 Å². The fraction of sp³-hybridized carbons (Fsp3) is 0.857. The molecule has 66 valence electrons. The number of hydrogen-bond acceptors (Lipinski definition) is 4. The largest absolute Gasteiger partial charge is 0.464 e. The van der Waals surface area contributed by atoms with Gasteiger partial charge >= 0.3 is 5.97 Å². The van der Waals surface area contributed by atoms with Crippen molar-refractivity contribution < 1.29 is 14.6 Å². The normalized spacial score (nSPS) is 18.6. The molecular weight excluding hydrogens is 146 g/mol. The van der Waals surface area contributed by atoms with Gasteiger partial charge in [-0.25, -0.2) is 4.79 Å². The van der Waals surface area contributed by atoms with Crippen LogP contribution < -0.4 is 5.73 Å². The van der Waals surface area contributed by atoms with Gasteiger partial charge in [-0.3, -0.25) is 0 Å². The molecule has 2 atom stereocenters. The molecule has 0 amide bonds. The summed E-state index contributed by atoms with van der Waals surface area (Å²) in [5.41, 5.74) is 3.78. The van der Waals surface area contributed by atoms with Gasteiger partial charge in [0.2, 0.25) is 0 Å². The number of aliphatic hydroxyl groups is 1. The van der Waals surface area contributed by atoms with Gasteiger partial charge in [0.1, 0.15) is 0 Å². The molecule has 0 saturated heterocycles. The highest BCUT2D eigenvalue weighted by molar-refractivity contribution is 5.79. The third-order valence-corrected chi connectivity index (χ3v) is 1.58. The molecule has 0 spiro atoms. The molecular formula is C7H15NO3. The first kappa shape index (κ1) is 10.4. The first-order valence-electron chi connectivity index (χ1n) is 3.58. The predicted octanol–water partition coefficient (Wildman–Crippen LogP) is -0.352. The average Bonchev–Trinajstić information content (AvgIpc) is 1.88. The Bertz CT molecular complexity index is 143. The number of ether oxygens (including phenoxy) is 1. The van der Waals surface area contributed by atoms with Gasteiger partial charge in [-0.2, -0.15) is 0 Å². The van der Waals surface area contributed by atoms with Gasteiger partial charge in [-0.05, 0) is 20.8 Å². The van der Waals surface area contributed by atoms with Crippen molar-refractivity contribution >= 4 is 5.97 Å². The van der Waals surface area contributed by atoms with Crippen LogP contribution in [0, 0.1) is 0 Å². The lowest BCUT2D eigenvalue weighted by Crippen LogP contribution is -2.50. The minimum atomic E-state index is -1.57. The van der Waals surface area contributed by atoms with Crippen molar-refractivity contribution in [3.8, 4) is 0 Å². The lowest BCUT2D eigenvalue weighted by atomic mass is 9.99. The molecule has 0 aliphatic carbocycles. The summed E-state index contributed by atoms with van der Waals surface area (Å²) in [5.74, 6) is -0.671. The minimum absolute atomic E-state index is 0.252. The van der Waals surface area contributed by atoms with Crippen LogP contribution in [0.2, 0.25) is 0 Å². The summed E-state index contributed by atoms with van der Waals surface area (Å²) >= 11 is 0. The highest BCUT2D eigenvalue weighted by atomic mass is 16.5. The highest BCUT2D eigenvalue weighted by Gasteiger charge is 2.35. The lowest BCUT2D eigenvalue weighted by Gasteiger charge is -2.24. The van der Waals surface area contributed by atoms with Gasteiger partial charge in [-0.1, -0.05) is 0 Å². The maximum Gasteiger partial charge on any atom is 0.339 e. The van der Waals surface area contributed by atoms with E-state index in [2.05, 4.69) is 4.74 Å². The molecule has 0 aliphatic heterocycles. The second-order valence-electron chi connectivity index (χ2n) is 2.66. The summed E-state index contributed by atoms with van der Waals surface area (Å²) in [4.78, 5) is 11.0. The van der Waals surface area contributed by atoms with E-state index in [-0.39, 0.29) is 6.61 Å². The molecule has 3 N–H and O–H groups in total. The van der Waals surface area contributed by atoms with E-state index in [1.54, 1.807) is 13.8 Å². The molecule has 4 nitrogen and oxygen atoms in total. The van der Waals surface area contributed by atoms with Crippen molar-refractivity contribution in [2.75, 3.05) is 6.61 Å². The van der Waals surface area contributed by atoms with E-state index in [0.29, 0.717) is 0 Å². The Morgan fingerprint density at radius 1 is 1.82 bits per heavy atom. The first-order chi connectivity index (χ1) is 4.92. The van der Waals surface area contributed by atoms with Gasteiger partial charge < -0.3 is 15.6 Å². The van der Waals surface area contributed by atoms with Crippen LogP contribution >= 0.6 is 0 Å². The first-order valence-corrected chi connectivity index (χ1v) is 3.58. The zero-order valence-electron chi connectivity index (χ0n) is 7.13. The second kappa shape index (κ2) is 3.69. The van der Waals surface area contributed by atoms with Crippen LogP contribution in [-0.4, -0.2) is 29.3 Å². The fourth-order valence-corrected chi connectivity index (χ4v) is 0.463. The topological polar surface area (TPSA) is 72.5 Å². The fourth-order valence-electron chi connectivity index (χ4n) is 0.463. The zero-order valence-corrected chi connectivity index (χ0v) is 7.13. The third-order valence-electron chi connectivity index (χ3n) is 1.58. The molecule has 0 bridgehead atoms. The number of rotatable bonds is 3. The molecule has 11 heavy (non-hydrogen) atoms. The summed E-state index contributed by atoms with van der Waals surface area (Å²) in [6, 6.07) is -0.624. The molecule has 0 aromatic rings. The van der Waals surface area contributed by atoms with E-state index < -0.39 is 17.6 Å². The summed E-state index contributed by atoms with van der Waals surface area (Å²) in [6.45, 7) is 4.82. The van der Waals surface area contributed by atoms with Crippen LogP contribution in [0.3, 0.4) is 0 Å². The SMILES string of the molecule is CCOC(=O)C(C)(O)C(C)N. The molecule has 0 saturated carbocycles. The molecule has 4 heteroatoms. The molecule has 0 heterocycles. The summed E-state index contributed by atoms with van der Waals surface area (Å²) < 4.78 is 4.60. The summed E-state index contributed by atoms with van der Waals surface area (Å²) in [7, 11) is 0. The Balaban J connectivity index is 4.18. The van der Waals surface area contributed by atoms with Crippen molar-refractivity contribution in [2.24, 2.45) is 5.73 Å². The number of carbonyl (C=O) groups is 1. The van der Waals surface area contributed by atoms with Crippen LogP contribution in [0.4, 0.5) is 0 Å². The Morgan fingerprint density at radius 2 is 2.27 bits per heavy atom. The molecule has 0 aromatic carbocycles. The Morgan fingerprint density at radius 3 is 2.55 bits per heavy atom.